The highest BCUT2D eigenvalue weighted by Crippen LogP contribution is 2.45. The average Bonchev–Trinajstić information content (AvgIpc) is 2.79. The molecule has 3 amide bonds. The standard InChI is InChI=1S/C19H23N3O7S/c1-10(16(24)21-14(18(26)27)11-7-5-4-6-8-11)20-17(25)15-19(2,3)30(28,29)13-9-12(23)22(13)15/h4-8,10,13-15H,9H2,1-3H3,(H,20,25)(H,21,24)(H,26,27). The first kappa shape index (κ1) is 21.8. The van der Waals surface area contributed by atoms with Crippen LogP contribution >= 0.6 is 0 Å². The molecule has 0 aromatic heterocycles. The number of fused-ring (bicyclic) bond motifs is 1. The van der Waals surface area contributed by atoms with Crippen LogP contribution in [0.2, 0.25) is 0 Å². The van der Waals surface area contributed by atoms with Crippen molar-refractivity contribution in [2.45, 2.75) is 55.4 Å². The molecular formula is C19H23N3O7S. The van der Waals surface area contributed by atoms with Crippen molar-refractivity contribution in [2.24, 2.45) is 0 Å². The molecule has 0 spiro atoms. The highest BCUT2D eigenvalue weighted by Gasteiger charge is 2.67. The van der Waals surface area contributed by atoms with E-state index >= 15 is 0 Å². The van der Waals surface area contributed by atoms with E-state index in [0.29, 0.717) is 5.56 Å². The fraction of sp³-hybridized carbons (Fsp3) is 0.474. The number of benzene rings is 1. The lowest BCUT2D eigenvalue weighted by Gasteiger charge is -2.37. The largest absolute Gasteiger partial charge is 0.479 e. The Hall–Kier alpha value is -2.95. The van der Waals surface area contributed by atoms with E-state index in [2.05, 4.69) is 10.6 Å². The molecule has 2 heterocycles. The first-order valence-electron chi connectivity index (χ1n) is 9.32. The summed E-state index contributed by atoms with van der Waals surface area (Å²) < 4.78 is 23.7. The number of nitrogens with zero attached hydrogens (tertiary/aromatic N) is 1. The first-order valence-corrected chi connectivity index (χ1v) is 10.9. The van der Waals surface area contributed by atoms with Crippen molar-refractivity contribution in [1.29, 1.82) is 0 Å². The van der Waals surface area contributed by atoms with Crippen molar-refractivity contribution >= 4 is 33.5 Å². The van der Waals surface area contributed by atoms with E-state index in [1.54, 1.807) is 30.3 Å². The van der Waals surface area contributed by atoms with Gasteiger partial charge in [-0.15, -0.1) is 0 Å². The third-order valence-electron chi connectivity index (χ3n) is 5.64. The Morgan fingerprint density at radius 3 is 2.30 bits per heavy atom. The first-order chi connectivity index (χ1) is 13.9. The fourth-order valence-electron chi connectivity index (χ4n) is 3.81. The van der Waals surface area contributed by atoms with E-state index in [4.69, 9.17) is 0 Å². The molecule has 2 fully saturated rings. The summed E-state index contributed by atoms with van der Waals surface area (Å²) in [4.78, 5) is 49.9. The smallest absolute Gasteiger partial charge is 0.330 e. The Balaban J connectivity index is 1.73. The van der Waals surface area contributed by atoms with Gasteiger partial charge in [-0.3, -0.25) is 14.4 Å². The number of carboxylic acids is 1. The van der Waals surface area contributed by atoms with Crippen LogP contribution in [0.5, 0.6) is 0 Å². The molecule has 0 saturated carbocycles. The molecule has 2 saturated heterocycles. The van der Waals surface area contributed by atoms with Crippen molar-refractivity contribution in [2.75, 3.05) is 0 Å². The third-order valence-corrected chi connectivity index (χ3v) is 8.44. The summed E-state index contributed by atoms with van der Waals surface area (Å²) in [5.41, 5.74) is 0.355. The van der Waals surface area contributed by atoms with Crippen LogP contribution in [0.1, 0.15) is 38.8 Å². The Bertz CT molecular complexity index is 1010. The number of carboxylic acid groups (broad SMARTS) is 1. The molecule has 4 atom stereocenters. The van der Waals surface area contributed by atoms with Crippen molar-refractivity contribution in [3.8, 4) is 0 Å². The summed E-state index contributed by atoms with van der Waals surface area (Å²) in [7, 11) is -3.75. The molecule has 4 unspecified atom stereocenters. The van der Waals surface area contributed by atoms with E-state index in [-0.39, 0.29) is 6.42 Å². The summed E-state index contributed by atoms with van der Waals surface area (Å²) >= 11 is 0. The van der Waals surface area contributed by atoms with Crippen molar-refractivity contribution in [3.63, 3.8) is 0 Å². The highest BCUT2D eigenvalue weighted by molar-refractivity contribution is 7.93. The Morgan fingerprint density at radius 1 is 1.17 bits per heavy atom. The van der Waals surface area contributed by atoms with Gasteiger partial charge in [-0.2, -0.15) is 0 Å². The summed E-state index contributed by atoms with van der Waals surface area (Å²) in [5, 5.41) is 13.2. The van der Waals surface area contributed by atoms with Gasteiger partial charge in [0.15, 0.2) is 15.9 Å². The lowest BCUT2D eigenvalue weighted by molar-refractivity contribution is -0.150. The molecule has 10 nitrogen and oxygen atoms in total. The molecule has 3 rings (SSSR count). The number of hydrogen-bond acceptors (Lipinski definition) is 6. The molecule has 2 aliphatic rings. The second-order valence-corrected chi connectivity index (χ2v) is 10.6. The fourth-order valence-corrected chi connectivity index (χ4v) is 5.95. The van der Waals surface area contributed by atoms with Gasteiger partial charge in [0.2, 0.25) is 17.7 Å². The van der Waals surface area contributed by atoms with E-state index in [1.807, 2.05) is 0 Å². The molecule has 11 heteroatoms. The SMILES string of the molecule is CC(NC(=O)C1N2C(=O)CC2S(=O)(=O)C1(C)C)C(=O)NC(C(=O)O)c1ccccc1. The zero-order valence-electron chi connectivity index (χ0n) is 16.7. The van der Waals surface area contributed by atoms with E-state index in [0.717, 1.165) is 4.90 Å². The van der Waals surface area contributed by atoms with Gasteiger partial charge in [-0.05, 0) is 26.3 Å². The lowest BCUT2D eigenvalue weighted by Crippen LogP contribution is -2.61. The quantitative estimate of drug-likeness (QED) is 0.511. The van der Waals surface area contributed by atoms with Gasteiger partial charge >= 0.3 is 5.97 Å². The number of rotatable bonds is 6. The number of β-lactam (4-membered cyclic amide) rings is 1. The maximum absolute atomic E-state index is 12.8. The summed E-state index contributed by atoms with van der Waals surface area (Å²) in [6.07, 6.45) is -0.164. The second kappa shape index (κ2) is 7.38. The number of sulfone groups is 1. The van der Waals surface area contributed by atoms with Gasteiger partial charge in [-0.1, -0.05) is 30.3 Å². The number of hydrogen-bond donors (Lipinski definition) is 3. The minimum Gasteiger partial charge on any atom is -0.479 e. The van der Waals surface area contributed by atoms with Gasteiger partial charge in [-0.25, -0.2) is 13.2 Å². The second-order valence-electron chi connectivity index (χ2n) is 7.93. The third kappa shape index (κ3) is 3.32. The molecule has 1 aromatic rings. The van der Waals surface area contributed by atoms with Gasteiger partial charge < -0.3 is 20.6 Å². The number of amides is 3. The van der Waals surface area contributed by atoms with Crippen LogP contribution < -0.4 is 10.6 Å². The molecule has 0 bridgehead atoms. The van der Waals surface area contributed by atoms with Gasteiger partial charge in [0.25, 0.3) is 0 Å². The molecule has 3 N–H and O–H groups in total. The van der Waals surface area contributed by atoms with E-state index in [9.17, 15) is 32.7 Å². The van der Waals surface area contributed by atoms with Crippen LogP contribution in [-0.2, 0) is 29.0 Å². The molecule has 30 heavy (non-hydrogen) atoms. The van der Waals surface area contributed by atoms with Crippen molar-refractivity contribution in [3.05, 3.63) is 35.9 Å². The molecule has 0 radical (unpaired) electrons. The molecule has 0 aliphatic carbocycles. The number of carbonyl (C=O) groups excluding carboxylic acids is 3. The number of nitrogens with one attached hydrogen (secondary N) is 2. The van der Waals surface area contributed by atoms with Crippen LogP contribution in [0.15, 0.2) is 30.3 Å². The zero-order valence-corrected chi connectivity index (χ0v) is 17.5. The molecule has 1 aromatic carbocycles. The minimum absolute atomic E-state index is 0.164. The molecular weight excluding hydrogens is 414 g/mol. The van der Waals surface area contributed by atoms with Gasteiger partial charge in [0.05, 0.1) is 11.2 Å². The topological polar surface area (TPSA) is 150 Å². The van der Waals surface area contributed by atoms with Crippen LogP contribution in [0.4, 0.5) is 0 Å². The van der Waals surface area contributed by atoms with Crippen LogP contribution in [0, 0.1) is 0 Å². The predicted octanol–water partition coefficient (Wildman–Crippen LogP) is -0.433. The summed E-state index contributed by atoms with van der Waals surface area (Å²) in [6, 6.07) is 4.31. The maximum atomic E-state index is 12.8. The van der Waals surface area contributed by atoms with Crippen LogP contribution in [-0.4, -0.2) is 64.3 Å². The zero-order chi connectivity index (χ0) is 22.4. The molecule has 162 valence electrons. The van der Waals surface area contributed by atoms with E-state index < -0.39 is 61.8 Å². The van der Waals surface area contributed by atoms with Crippen LogP contribution in [0.25, 0.3) is 0 Å². The number of aliphatic carboxylic acids is 1. The number of carbonyl (C=O) groups is 4. The Labute approximate surface area is 173 Å². The minimum atomic E-state index is -3.75. The average molecular weight is 437 g/mol. The Kier molecular flexibility index (Phi) is 5.35. The van der Waals surface area contributed by atoms with Gasteiger partial charge in [0, 0.05) is 0 Å². The Morgan fingerprint density at radius 2 is 1.77 bits per heavy atom. The highest BCUT2D eigenvalue weighted by atomic mass is 32.2. The van der Waals surface area contributed by atoms with Gasteiger partial charge in [0.1, 0.15) is 17.5 Å². The lowest BCUT2D eigenvalue weighted by atomic mass is 9.97. The normalized spacial score (nSPS) is 25.4. The van der Waals surface area contributed by atoms with Crippen molar-refractivity contribution < 1.29 is 32.7 Å². The van der Waals surface area contributed by atoms with Crippen molar-refractivity contribution in [1.82, 2.24) is 15.5 Å². The predicted molar refractivity (Wildman–Crippen MR) is 105 cm³/mol. The molecule has 2 aliphatic heterocycles. The van der Waals surface area contributed by atoms with Crippen LogP contribution in [0.3, 0.4) is 0 Å². The summed E-state index contributed by atoms with van der Waals surface area (Å²) in [6.45, 7) is 4.10. The van der Waals surface area contributed by atoms with E-state index in [1.165, 1.54) is 20.8 Å². The maximum Gasteiger partial charge on any atom is 0.330 e. The monoisotopic (exact) mass is 437 g/mol. The summed E-state index contributed by atoms with van der Waals surface area (Å²) in [5.74, 6) is -3.26.